The Hall–Kier alpha value is -0.920. The molecule has 1 aromatic rings. The lowest BCUT2D eigenvalue weighted by atomic mass is 10.3. The number of hydrogen-bond acceptors (Lipinski definition) is 4. The lowest BCUT2D eigenvalue weighted by Gasteiger charge is -2.10. The van der Waals surface area contributed by atoms with Gasteiger partial charge in [0.05, 0.1) is 6.20 Å². The van der Waals surface area contributed by atoms with Crippen LogP contribution in [0.15, 0.2) is 11.2 Å². The summed E-state index contributed by atoms with van der Waals surface area (Å²) in [5.41, 5.74) is 0. The van der Waals surface area contributed by atoms with Gasteiger partial charge in [0.25, 0.3) is 10.0 Å². The smallest absolute Gasteiger partial charge is 0.257 e. The number of imidazole rings is 1. The second kappa shape index (κ2) is 4.52. The molecule has 0 unspecified atom stereocenters. The summed E-state index contributed by atoms with van der Waals surface area (Å²) in [5, 5.41) is 3.26. The molecule has 1 aliphatic rings. The third-order valence-corrected chi connectivity index (χ3v) is 4.04. The van der Waals surface area contributed by atoms with Gasteiger partial charge in [-0.3, -0.25) is 0 Å². The van der Waals surface area contributed by atoms with E-state index < -0.39 is 10.0 Å². The molecular weight excluding hydrogens is 228 g/mol. The van der Waals surface area contributed by atoms with Crippen LogP contribution in [-0.2, 0) is 16.4 Å². The molecule has 1 aliphatic heterocycles. The Labute approximate surface area is 94.9 Å². The summed E-state index contributed by atoms with van der Waals surface area (Å²) in [6, 6.07) is -0.0154. The number of H-pyrrole nitrogens is 1. The molecule has 1 saturated heterocycles. The highest BCUT2D eigenvalue weighted by atomic mass is 32.2. The Kier molecular flexibility index (Phi) is 3.27. The van der Waals surface area contributed by atoms with Gasteiger partial charge in [0.2, 0.25) is 0 Å². The number of aromatic nitrogens is 2. The fraction of sp³-hybridized carbons (Fsp3) is 0.667. The van der Waals surface area contributed by atoms with Crippen LogP contribution in [0.5, 0.6) is 0 Å². The van der Waals surface area contributed by atoms with Gasteiger partial charge in [0.1, 0.15) is 5.82 Å². The highest BCUT2D eigenvalue weighted by Crippen LogP contribution is 2.08. The van der Waals surface area contributed by atoms with E-state index >= 15 is 0 Å². The first-order valence-electron chi connectivity index (χ1n) is 5.39. The second-order valence-electron chi connectivity index (χ2n) is 3.86. The van der Waals surface area contributed by atoms with Crippen LogP contribution in [0.4, 0.5) is 0 Å². The van der Waals surface area contributed by atoms with E-state index in [9.17, 15) is 8.42 Å². The average molecular weight is 244 g/mol. The minimum absolute atomic E-state index is 0.0154. The predicted octanol–water partition coefficient (Wildman–Crippen LogP) is -0.388. The van der Waals surface area contributed by atoms with Crippen LogP contribution in [0.1, 0.15) is 19.2 Å². The molecule has 1 atom stereocenters. The highest BCUT2D eigenvalue weighted by molar-refractivity contribution is 7.89. The van der Waals surface area contributed by atoms with Crippen molar-refractivity contribution < 1.29 is 8.42 Å². The maximum absolute atomic E-state index is 11.9. The number of hydrogen-bond donors (Lipinski definition) is 3. The number of nitrogens with one attached hydrogen (secondary N) is 3. The molecule has 0 amide bonds. The molecule has 16 heavy (non-hydrogen) atoms. The van der Waals surface area contributed by atoms with Crippen LogP contribution in [0, 0.1) is 0 Å². The zero-order chi connectivity index (χ0) is 11.6. The molecule has 1 fully saturated rings. The molecule has 0 aliphatic carbocycles. The van der Waals surface area contributed by atoms with Crippen molar-refractivity contribution in [1.82, 2.24) is 20.0 Å². The highest BCUT2D eigenvalue weighted by Gasteiger charge is 2.23. The fourth-order valence-electron chi connectivity index (χ4n) is 1.70. The topological polar surface area (TPSA) is 86.9 Å². The molecule has 1 aromatic heterocycles. The first-order chi connectivity index (χ1) is 7.62. The molecule has 0 radical (unpaired) electrons. The standard InChI is InChI=1S/C9H16N4O2S/c1-2-8-11-6-9(12-8)16(14,15)13-7-3-4-10-5-7/h6-7,10,13H,2-5H2,1H3,(H,11,12)/t7-/m1/s1. The number of rotatable bonds is 4. The lowest BCUT2D eigenvalue weighted by molar-refractivity contribution is 0.557. The minimum Gasteiger partial charge on any atom is -0.332 e. The van der Waals surface area contributed by atoms with Crippen LogP contribution < -0.4 is 10.0 Å². The molecule has 0 spiro atoms. The van der Waals surface area contributed by atoms with E-state index in [1.807, 2.05) is 6.92 Å². The monoisotopic (exact) mass is 244 g/mol. The van der Waals surface area contributed by atoms with Gasteiger partial charge < -0.3 is 10.3 Å². The van der Waals surface area contributed by atoms with E-state index in [2.05, 4.69) is 20.0 Å². The maximum Gasteiger partial charge on any atom is 0.257 e. The lowest BCUT2D eigenvalue weighted by Crippen LogP contribution is -2.36. The Bertz CT molecular complexity index is 448. The molecular formula is C9H16N4O2S. The zero-order valence-electron chi connectivity index (χ0n) is 9.16. The van der Waals surface area contributed by atoms with Crippen molar-refractivity contribution in [1.29, 1.82) is 0 Å². The van der Waals surface area contributed by atoms with Crippen molar-refractivity contribution in [2.24, 2.45) is 0 Å². The van der Waals surface area contributed by atoms with E-state index in [-0.39, 0.29) is 11.1 Å². The number of aromatic amines is 1. The summed E-state index contributed by atoms with van der Waals surface area (Å²) in [5.74, 6) is 0.685. The summed E-state index contributed by atoms with van der Waals surface area (Å²) < 4.78 is 26.5. The normalized spacial score (nSPS) is 21.4. The van der Waals surface area contributed by atoms with Crippen LogP contribution in [0.25, 0.3) is 0 Å². The molecule has 3 N–H and O–H groups in total. The zero-order valence-corrected chi connectivity index (χ0v) is 9.97. The average Bonchev–Trinajstić information content (AvgIpc) is 2.85. The van der Waals surface area contributed by atoms with Crippen LogP contribution in [0.2, 0.25) is 0 Å². The summed E-state index contributed by atoms with van der Waals surface area (Å²) in [4.78, 5) is 6.78. The first kappa shape index (κ1) is 11.6. The Morgan fingerprint density at radius 3 is 3.00 bits per heavy atom. The largest absolute Gasteiger partial charge is 0.332 e. The van der Waals surface area contributed by atoms with Crippen LogP contribution in [0.3, 0.4) is 0 Å². The third kappa shape index (κ3) is 2.42. The van der Waals surface area contributed by atoms with E-state index in [1.165, 1.54) is 6.20 Å². The maximum atomic E-state index is 11.9. The molecule has 6 nitrogen and oxygen atoms in total. The molecule has 7 heteroatoms. The van der Waals surface area contributed by atoms with Gasteiger partial charge in [-0.1, -0.05) is 6.92 Å². The van der Waals surface area contributed by atoms with Crippen molar-refractivity contribution in [3.05, 3.63) is 12.0 Å². The number of aryl methyl sites for hydroxylation is 1. The van der Waals surface area contributed by atoms with Gasteiger partial charge in [0, 0.05) is 19.0 Å². The van der Waals surface area contributed by atoms with Crippen molar-refractivity contribution in [3.63, 3.8) is 0 Å². The van der Waals surface area contributed by atoms with Gasteiger partial charge in [-0.05, 0) is 13.0 Å². The first-order valence-corrected chi connectivity index (χ1v) is 6.87. The fourth-order valence-corrected chi connectivity index (χ4v) is 2.91. The molecule has 0 saturated carbocycles. The Morgan fingerprint density at radius 2 is 2.44 bits per heavy atom. The Balaban J connectivity index is 2.11. The summed E-state index contributed by atoms with van der Waals surface area (Å²) in [6.07, 6.45) is 2.89. The van der Waals surface area contributed by atoms with Gasteiger partial charge >= 0.3 is 0 Å². The molecule has 2 heterocycles. The predicted molar refractivity (Wildman–Crippen MR) is 59.6 cm³/mol. The SMILES string of the molecule is CCc1ncc(S(=O)(=O)N[C@@H]2CCNC2)[nH]1. The van der Waals surface area contributed by atoms with E-state index in [0.29, 0.717) is 18.8 Å². The molecule has 0 bridgehead atoms. The van der Waals surface area contributed by atoms with Gasteiger partial charge in [-0.15, -0.1) is 0 Å². The van der Waals surface area contributed by atoms with Crippen LogP contribution >= 0.6 is 0 Å². The molecule has 0 aromatic carbocycles. The van der Waals surface area contributed by atoms with Gasteiger partial charge in [-0.2, -0.15) is 0 Å². The third-order valence-electron chi connectivity index (χ3n) is 2.61. The van der Waals surface area contributed by atoms with Gasteiger partial charge in [0.15, 0.2) is 5.03 Å². The van der Waals surface area contributed by atoms with E-state index in [4.69, 9.17) is 0 Å². The van der Waals surface area contributed by atoms with Gasteiger partial charge in [-0.25, -0.2) is 18.1 Å². The summed E-state index contributed by atoms with van der Waals surface area (Å²) in [6.45, 7) is 3.47. The molecule has 2 rings (SSSR count). The van der Waals surface area contributed by atoms with E-state index in [0.717, 1.165) is 13.0 Å². The van der Waals surface area contributed by atoms with Crippen molar-refractivity contribution in [2.45, 2.75) is 30.8 Å². The quantitative estimate of drug-likeness (QED) is 0.673. The summed E-state index contributed by atoms with van der Waals surface area (Å²) in [7, 11) is -3.44. The van der Waals surface area contributed by atoms with Crippen molar-refractivity contribution in [3.8, 4) is 0 Å². The summed E-state index contributed by atoms with van der Waals surface area (Å²) >= 11 is 0. The van der Waals surface area contributed by atoms with Crippen molar-refractivity contribution >= 4 is 10.0 Å². The van der Waals surface area contributed by atoms with E-state index in [1.54, 1.807) is 0 Å². The number of nitrogens with zero attached hydrogens (tertiary/aromatic N) is 1. The minimum atomic E-state index is -3.44. The molecule has 90 valence electrons. The Morgan fingerprint density at radius 1 is 1.62 bits per heavy atom. The number of sulfonamides is 1. The second-order valence-corrected chi connectivity index (χ2v) is 5.54. The van der Waals surface area contributed by atoms with Crippen LogP contribution in [-0.4, -0.2) is 37.5 Å². The van der Waals surface area contributed by atoms with Crippen molar-refractivity contribution in [2.75, 3.05) is 13.1 Å².